The first kappa shape index (κ1) is 14.0. The molecule has 0 bridgehead atoms. The van der Waals surface area contributed by atoms with E-state index in [0.717, 1.165) is 25.3 Å². The zero-order chi connectivity index (χ0) is 12.3. The molecule has 17 heavy (non-hydrogen) atoms. The van der Waals surface area contributed by atoms with Gasteiger partial charge in [-0.25, -0.2) is 0 Å². The minimum Gasteiger partial charge on any atom is -0.494 e. The molecule has 0 fully saturated rings. The van der Waals surface area contributed by atoms with Gasteiger partial charge in [0.1, 0.15) is 5.75 Å². The molecule has 96 valence electrons. The highest BCUT2D eigenvalue weighted by Crippen LogP contribution is 2.10. The molecular weight excluding hydrogens is 210 g/mol. The van der Waals surface area contributed by atoms with Crippen LogP contribution in [0, 0.1) is 0 Å². The van der Waals surface area contributed by atoms with Gasteiger partial charge in [0.05, 0.1) is 6.61 Å². The number of nitrogens with one attached hydrogen (secondary N) is 1. The second-order valence-corrected chi connectivity index (χ2v) is 4.35. The topological polar surface area (TPSA) is 21.3 Å². The van der Waals surface area contributed by atoms with E-state index in [4.69, 9.17) is 4.74 Å². The van der Waals surface area contributed by atoms with E-state index < -0.39 is 0 Å². The Labute approximate surface area is 105 Å². The lowest BCUT2D eigenvalue weighted by molar-refractivity contribution is 0.293. The molecule has 1 N–H and O–H groups in total. The monoisotopic (exact) mass is 235 g/mol. The van der Waals surface area contributed by atoms with Gasteiger partial charge < -0.3 is 10.1 Å². The number of hydrogen-bond donors (Lipinski definition) is 1. The summed E-state index contributed by atoms with van der Waals surface area (Å²) in [6.07, 6.45) is 4.83. The number of ether oxygens (including phenoxy) is 1. The standard InChI is InChI=1S/C15H25NO/c1-3-9-14(16-4-2)10-8-13-17-15-11-6-5-7-12-15/h5-7,11-12,14,16H,3-4,8-10,13H2,1-2H3. The van der Waals surface area contributed by atoms with Gasteiger partial charge in [-0.15, -0.1) is 0 Å². The maximum absolute atomic E-state index is 5.68. The van der Waals surface area contributed by atoms with Crippen molar-refractivity contribution in [3.8, 4) is 5.75 Å². The largest absolute Gasteiger partial charge is 0.494 e. The summed E-state index contributed by atoms with van der Waals surface area (Å²) in [4.78, 5) is 0. The molecule has 1 aromatic rings. The van der Waals surface area contributed by atoms with E-state index in [2.05, 4.69) is 19.2 Å². The van der Waals surface area contributed by atoms with Crippen LogP contribution in [0.3, 0.4) is 0 Å². The molecule has 0 aliphatic heterocycles. The fourth-order valence-corrected chi connectivity index (χ4v) is 2.02. The van der Waals surface area contributed by atoms with Crippen molar-refractivity contribution in [3.63, 3.8) is 0 Å². The highest BCUT2D eigenvalue weighted by atomic mass is 16.5. The van der Waals surface area contributed by atoms with Crippen LogP contribution in [0.25, 0.3) is 0 Å². The summed E-state index contributed by atoms with van der Waals surface area (Å²) in [6.45, 7) is 6.29. The van der Waals surface area contributed by atoms with Crippen LogP contribution >= 0.6 is 0 Å². The molecule has 1 atom stereocenters. The fraction of sp³-hybridized carbons (Fsp3) is 0.600. The fourth-order valence-electron chi connectivity index (χ4n) is 2.02. The van der Waals surface area contributed by atoms with E-state index in [9.17, 15) is 0 Å². The van der Waals surface area contributed by atoms with Crippen LogP contribution < -0.4 is 10.1 Å². The van der Waals surface area contributed by atoms with Crippen LogP contribution in [0.2, 0.25) is 0 Å². The zero-order valence-electron chi connectivity index (χ0n) is 11.1. The average Bonchev–Trinajstić information content (AvgIpc) is 2.36. The summed E-state index contributed by atoms with van der Waals surface area (Å²) in [5.74, 6) is 0.975. The van der Waals surface area contributed by atoms with Crippen LogP contribution in [0.1, 0.15) is 39.5 Å². The van der Waals surface area contributed by atoms with Gasteiger partial charge in [-0.2, -0.15) is 0 Å². The highest BCUT2D eigenvalue weighted by molar-refractivity contribution is 5.20. The lowest BCUT2D eigenvalue weighted by atomic mass is 10.1. The Kier molecular flexibility index (Phi) is 7.48. The molecule has 1 unspecified atom stereocenters. The number of hydrogen-bond acceptors (Lipinski definition) is 2. The number of benzene rings is 1. The molecule has 0 radical (unpaired) electrons. The molecule has 1 rings (SSSR count). The van der Waals surface area contributed by atoms with Crippen molar-refractivity contribution in [1.82, 2.24) is 5.32 Å². The van der Waals surface area contributed by atoms with Gasteiger partial charge in [0.2, 0.25) is 0 Å². The lowest BCUT2D eigenvalue weighted by Crippen LogP contribution is -2.29. The van der Waals surface area contributed by atoms with Gasteiger partial charge in [0.25, 0.3) is 0 Å². The maximum Gasteiger partial charge on any atom is 0.119 e. The molecule has 0 heterocycles. The Bertz CT molecular complexity index is 268. The number of para-hydroxylation sites is 1. The SMILES string of the molecule is CCCC(CCCOc1ccccc1)NCC. The van der Waals surface area contributed by atoms with Crippen LogP contribution in [-0.2, 0) is 0 Å². The summed E-state index contributed by atoms with van der Waals surface area (Å²) in [6, 6.07) is 10.7. The van der Waals surface area contributed by atoms with Gasteiger partial charge in [0, 0.05) is 6.04 Å². The van der Waals surface area contributed by atoms with E-state index in [0.29, 0.717) is 6.04 Å². The zero-order valence-corrected chi connectivity index (χ0v) is 11.1. The number of rotatable bonds is 9. The summed E-state index contributed by atoms with van der Waals surface area (Å²) in [5.41, 5.74) is 0. The molecule has 0 aliphatic rings. The molecule has 0 aromatic heterocycles. The third-order valence-electron chi connectivity index (χ3n) is 2.84. The quantitative estimate of drug-likeness (QED) is 0.660. The summed E-state index contributed by atoms with van der Waals surface area (Å²) < 4.78 is 5.68. The second-order valence-electron chi connectivity index (χ2n) is 4.35. The highest BCUT2D eigenvalue weighted by Gasteiger charge is 2.05. The van der Waals surface area contributed by atoms with Crippen molar-refractivity contribution >= 4 is 0 Å². The Morgan fingerprint density at radius 3 is 2.53 bits per heavy atom. The molecule has 0 saturated carbocycles. The molecule has 2 heteroatoms. The Morgan fingerprint density at radius 2 is 1.88 bits per heavy atom. The van der Waals surface area contributed by atoms with E-state index in [1.165, 1.54) is 19.3 Å². The molecule has 0 amide bonds. The molecule has 2 nitrogen and oxygen atoms in total. The molecule has 1 aromatic carbocycles. The van der Waals surface area contributed by atoms with Gasteiger partial charge >= 0.3 is 0 Å². The molecule has 0 aliphatic carbocycles. The Morgan fingerprint density at radius 1 is 1.12 bits per heavy atom. The van der Waals surface area contributed by atoms with E-state index in [1.54, 1.807) is 0 Å². The van der Waals surface area contributed by atoms with Crippen molar-refractivity contribution in [1.29, 1.82) is 0 Å². The smallest absolute Gasteiger partial charge is 0.119 e. The van der Waals surface area contributed by atoms with Crippen LogP contribution in [-0.4, -0.2) is 19.2 Å². The normalized spacial score (nSPS) is 12.4. The minimum atomic E-state index is 0.657. The van der Waals surface area contributed by atoms with Gasteiger partial charge in [0.15, 0.2) is 0 Å². The average molecular weight is 235 g/mol. The summed E-state index contributed by atoms with van der Waals surface area (Å²) in [5, 5.41) is 3.53. The first-order valence-corrected chi connectivity index (χ1v) is 6.78. The maximum atomic E-state index is 5.68. The third-order valence-corrected chi connectivity index (χ3v) is 2.84. The minimum absolute atomic E-state index is 0.657. The summed E-state index contributed by atoms with van der Waals surface area (Å²) in [7, 11) is 0. The van der Waals surface area contributed by atoms with Gasteiger partial charge in [-0.1, -0.05) is 38.5 Å². The predicted molar refractivity (Wildman–Crippen MR) is 73.5 cm³/mol. The van der Waals surface area contributed by atoms with E-state index in [-0.39, 0.29) is 0 Å². The van der Waals surface area contributed by atoms with E-state index >= 15 is 0 Å². The van der Waals surface area contributed by atoms with Gasteiger partial charge in [-0.05, 0) is 37.9 Å². The van der Waals surface area contributed by atoms with Crippen LogP contribution in [0.15, 0.2) is 30.3 Å². The summed E-state index contributed by atoms with van der Waals surface area (Å²) >= 11 is 0. The van der Waals surface area contributed by atoms with Crippen molar-refractivity contribution in [3.05, 3.63) is 30.3 Å². The predicted octanol–water partition coefficient (Wildman–Crippen LogP) is 3.62. The molecular formula is C15H25NO. The Balaban J connectivity index is 2.13. The van der Waals surface area contributed by atoms with Crippen molar-refractivity contribution in [2.45, 2.75) is 45.6 Å². The lowest BCUT2D eigenvalue weighted by Gasteiger charge is -2.16. The molecule has 0 saturated heterocycles. The first-order valence-electron chi connectivity index (χ1n) is 6.78. The third kappa shape index (κ3) is 6.32. The van der Waals surface area contributed by atoms with Crippen LogP contribution in [0.4, 0.5) is 0 Å². The first-order chi connectivity index (χ1) is 8.36. The molecule has 0 spiro atoms. The second kappa shape index (κ2) is 9.06. The van der Waals surface area contributed by atoms with Crippen molar-refractivity contribution in [2.24, 2.45) is 0 Å². The van der Waals surface area contributed by atoms with Crippen molar-refractivity contribution in [2.75, 3.05) is 13.2 Å². The van der Waals surface area contributed by atoms with Crippen molar-refractivity contribution < 1.29 is 4.74 Å². The Hall–Kier alpha value is -1.02. The van der Waals surface area contributed by atoms with Crippen LogP contribution in [0.5, 0.6) is 5.75 Å². The van der Waals surface area contributed by atoms with Gasteiger partial charge in [-0.3, -0.25) is 0 Å². The van der Waals surface area contributed by atoms with E-state index in [1.807, 2.05) is 30.3 Å².